The Morgan fingerprint density at radius 3 is 2.37 bits per heavy atom. The van der Waals surface area contributed by atoms with Crippen LogP contribution in [0.3, 0.4) is 0 Å². The number of halogens is 1. The molecular formula is C15H22ClNOS. The Hall–Kier alpha value is -0.510. The number of hydrogen-bond donors (Lipinski definition) is 0. The van der Waals surface area contributed by atoms with E-state index in [1.165, 1.54) is 0 Å². The molecule has 0 aliphatic heterocycles. The van der Waals surface area contributed by atoms with Gasteiger partial charge in [0.05, 0.1) is 5.71 Å². The molecule has 4 heteroatoms. The maximum absolute atomic E-state index is 12.2. The van der Waals surface area contributed by atoms with Crippen LogP contribution < -0.4 is 0 Å². The normalized spacial score (nSPS) is 14.5. The summed E-state index contributed by atoms with van der Waals surface area (Å²) >= 11 is 4.49. The van der Waals surface area contributed by atoms with E-state index in [-0.39, 0.29) is 4.75 Å². The molecule has 0 spiro atoms. The summed E-state index contributed by atoms with van der Waals surface area (Å²) in [7, 11) is 0. The summed E-state index contributed by atoms with van der Waals surface area (Å²) in [6.45, 7) is 5.82. The Morgan fingerprint density at radius 2 is 1.84 bits per heavy atom. The average molecular weight is 300 g/mol. The van der Waals surface area contributed by atoms with Crippen molar-refractivity contribution in [2.75, 3.05) is 5.88 Å². The van der Waals surface area contributed by atoms with E-state index >= 15 is 0 Å². The maximum atomic E-state index is 12.2. The van der Waals surface area contributed by atoms with Crippen LogP contribution in [0.15, 0.2) is 34.7 Å². The van der Waals surface area contributed by atoms with Crippen molar-refractivity contribution in [3.8, 4) is 0 Å². The van der Waals surface area contributed by atoms with Crippen LogP contribution in [-0.4, -0.2) is 20.9 Å². The largest absolute Gasteiger partial charge is 0.591 e. The van der Waals surface area contributed by atoms with Gasteiger partial charge in [0.2, 0.25) is 0 Å². The number of hydrogen-bond acceptors (Lipinski definition) is 2. The summed E-state index contributed by atoms with van der Waals surface area (Å²) in [6.07, 6.45) is 2.74. The molecule has 0 aliphatic carbocycles. The first-order valence-electron chi connectivity index (χ1n) is 6.56. The van der Waals surface area contributed by atoms with Crippen LogP contribution in [0.2, 0.25) is 0 Å². The third-order valence-corrected chi connectivity index (χ3v) is 4.32. The highest BCUT2D eigenvalue weighted by Crippen LogP contribution is 2.20. The zero-order chi connectivity index (χ0) is 14.3. The molecule has 106 valence electrons. The Morgan fingerprint density at radius 1 is 1.21 bits per heavy atom. The summed E-state index contributed by atoms with van der Waals surface area (Å²) in [4.78, 5) is 0. The minimum atomic E-state index is -1.22. The molecule has 0 unspecified atom stereocenters. The van der Waals surface area contributed by atoms with Crippen molar-refractivity contribution in [2.24, 2.45) is 4.40 Å². The lowest BCUT2D eigenvalue weighted by atomic mass is 10.1. The lowest BCUT2D eigenvalue weighted by Crippen LogP contribution is -2.27. The molecule has 2 nitrogen and oxygen atoms in total. The highest BCUT2D eigenvalue weighted by atomic mass is 35.5. The van der Waals surface area contributed by atoms with Gasteiger partial charge in [-0.1, -0.05) is 34.7 Å². The number of rotatable bonds is 6. The molecule has 0 fully saturated rings. The Labute approximate surface area is 124 Å². The van der Waals surface area contributed by atoms with Gasteiger partial charge >= 0.3 is 0 Å². The smallest absolute Gasteiger partial charge is 0.144 e. The van der Waals surface area contributed by atoms with Crippen LogP contribution in [0.1, 0.15) is 45.6 Å². The molecule has 0 saturated carbocycles. The SMILES string of the molecule is CC(C)(C)[S@+]([O-])/N=C(\CCCCCl)c1ccccc1. The Kier molecular flexibility index (Phi) is 6.90. The standard InChI is InChI=1S/C15H22ClNOS/c1-15(2,3)19(18)17-14(11-7-8-12-16)13-9-5-4-6-10-13/h4-6,9-10H,7-8,11-12H2,1-3H3/b17-14+/t19-/m0/s1. The van der Waals surface area contributed by atoms with Crippen LogP contribution in [0.5, 0.6) is 0 Å². The van der Waals surface area contributed by atoms with E-state index in [2.05, 4.69) is 4.40 Å². The van der Waals surface area contributed by atoms with Crippen molar-refractivity contribution >= 4 is 28.7 Å². The van der Waals surface area contributed by atoms with Gasteiger partial charge in [-0.05, 0) is 40.0 Å². The molecule has 1 atom stereocenters. The molecule has 0 saturated heterocycles. The van der Waals surface area contributed by atoms with E-state index in [0.29, 0.717) is 5.88 Å². The summed E-state index contributed by atoms with van der Waals surface area (Å²) in [5.41, 5.74) is 1.97. The molecule has 0 amide bonds. The van der Waals surface area contributed by atoms with Gasteiger partial charge in [0.1, 0.15) is 16.1 Å². The molecule has 19 heavy (non-hydrogen) atoms. The van der Waals surface area contributed by atoms with Crippen LogP contribution in [0.4, 0.5) is 0 Å². The Balaban J connectivity index is 2.89. The van der Waals surface area contributed by atoms with Crippen LogP contribution >= 0.6 is 11.6 Å². The first-order chi connectivity index (χ1) is 8.95. The highest BCUT2D eigenvalue weighted by molar-refractivity contribution is 7.91. The summed E-state index contributed by atoms with van der Waals surface area (Å²) < 4.78 is 16.3. The first-order valence-corrected chi connectivity index (χ1v) is 8.20. The molecule has 1 aromatic carbocycles. The molecule has 0 heterocycles. The minimum absolute atomic E-state index is 0.327. The summed E-state index contributed by atoms with van der Waals surface area (Å²) in [6, 6.07) is 9.96. The number of alkyl halides is 1. The minimum Gasteiger partial charge on any atom is -0.591 e. The molecule has 0 aliphatic rings. The van der Waals surface area contributed by atoms with E-state index < -0.39 is 11.4 Å². The molecule has 1 aromatic rings. The molecule has 0 N–H and O–H groups in total. The number of nitrogens with zero attached hydrogens (tertiary/aromatic N) is 1. The first kappa shape index (κ1) is 16.5. The predicted octanol–water partition coefficient (Wildman–Crippen LogP) is 4.35. The van der Waals surface area contributed by atoms with Crippen molar-refractivity contribution in [1.82, 2.24) is 0 Å². The third-order valence-electron chi connectivity index (χ3n) is 2.62. The summed E-state index contributed by atoms with van der Waals surface area (Å²) in [5.74, 6) is 0.657. The van der Waals surface area contributed by atoms with E-state index in [1.54, 1.807) is 0 Å². The lowest BCUT2D eigenvalue weighted by molar-refractivity contribution is 0.561. The van der Waals surface area contributed by atoms with Gasteiger partial charge in [-0.25, -0.2) is 0 Å². The van der Waals surface area contributed by atoms with Gasteiger partial charge in [0, 0.05) is 11.4 Å². The van der Waals surface area contributed by atoms with Gasteiger partial charge in [0.15, 0.2) is 0 Å². The topological polar surface area (TPSA) is 35.4 Å². The quantitative estimate of drug-likeness (QED) is 0.333. The zero-order valence-corrected chi connectivity index (χ0v) is 13.4. The van der Waals surface area contributed by atoms with Gasteiger partial charge in [0.25, 0.3) is 0 Å². The second kappa shape index (κ2) is 7.93. The predicted molar refractivity (Wildman–Crippen MR) is 85.4 cm³/mol. The number of unbranched alkanes of at least 4 members (excludes halogenated alkanes) is 1. The molecule has 0 aromatic heterocycles. The monoisotopic (exact) mass is 299 g/mol. The van der Waals surface area contributed by atoms with Crippen molar-refractivity contribution in [3.63, 3.8) is 0 Å². The third kappa shape index (κ3) is 5.98. The molecular weight excluding hydrogens is 278 g/mol. The van der Waals surface area contributed by atoms with Gasteiger partial charge in [-0.3, -0.25) is 0 Å². The van der Waals surface area contributed by atoms with E-state index in [9.17, 15) is 4.55 Å². The van der Waals surface area contributed by atoms with Crippen LogP contribution in [0, 0.1) is 0 Å². The van der Waals surface area contributed by atoms with Gasteiger partial charge in [-0.2, -0.15) is 0 Å². The van der Waals surface area contributed by atoms with Crippen molar-refractivity contribution < 1.29 is 4.55 Å². The fourth-order valence-corrected chi connectivity index (χ4v) is 2.36. The van der Waals surface area contributed by atoms with E-state index in [1.807, 2.05) is 51.1 Å². The van der Waals surface area contributed by atoms with Crippen LogP contribution in [0.25, 0.3) is 0 Å². The second-order valence-corrected chi connectivity index (χ2v) is 7.70. The zero-order valence-electron chi connectivity index (χ0n) is 11.9. The maximum Gasteiger partial charge on any atom is 0.144 e. The highest BCUT2D eigenvalue weighted by Gasteiger charge is 2.27. The van der Waals surface area contributed by atoms with Crippen molar-refractivity contribution in [3.05, 3.63) is 35.9 Å². The van der Waals surface area contributed by atoms with Gasteiger partial charge < -0.3 is 4.55 Å². The molecule has 1 rings (SSSR count). The second-order valence-electron chi connectivity index (χ2n) is 5.41. The average Bonchev–Trinajstić information content (AvgIpc) is 2.37. The Bertz CT molecular complexity index is 400. The van der Waals surface area contributed by atoms with E-state index in [4.69, 9.17) is 11.6 Å². The summed E-state index contributed by atoms with van der Waals surface area (Å²) in [5, 5.41) is 0. The lowest BCUT2D eigenvalue weighted by Gasteiger charge is -2.19. The number of benzene rings is 1. The fourth-order valence-electron chi connectivity index (χ4n) is 1.50. The molecule has 0 bridgehead atoms. The fraction of sp³-hybridized carbons (Fsp3) is 0.533. The van der Waals surface area contributed by atoms with Crippen molar-refractivity contribution in [1.29, 1.82) is 0 Å². The van der Waals surface area contributed by atoms with Gasteiger partial charge in [-0.15, -0.1) is 11.6 Å². The van der Waals surface area contributed by atoms with Crippen molar-refractivity contribution in [2.45, 2.75) is 44.8 Å². The molecule has 0 radical (unpaired) electrons. The van der Waals surface area contributed by atoms with E-state index in [0.717, 1.165) is 30.5 Å². The van der Waals surface area contributed by atoms with Crippen LogP contribution in [-0.2, 0) is 11.4 Å².